The SMILES string of the molecule is CCCCC(Sc1ncco1)C(=O)O. The van der Waals surface area contributed by atoms with Gasteiger partial charge in [0, 0.05) is 0 Å². The molecule has 0 aromatic carbocycles. The summed E-state index contributed by atoms with van der Waals surface area (Å²) in [6.07, 6.45) is 5.52. The largest absolute Gasteiger partial charge is 0.480 e. The van der Waals surface area contributed by atoms with Gasteiger partial charge in [0.25, 0.3) is 5.22 Å². The van der Waals surface area contributed by atoms with Gasteiger partial charge in [-0.3, -0.25) is 4.79 Å². The molecule has 1 atom stereocenters. The lowest BCUT2D eigenvalue weighted by molar-refractivity contribution is -0.136. The number of thioether (sulfide) groups is 1. The van der Waals surface area contributed by atoms with Crippen LogP contribution in [0.15, 0.2) is 22.1 Å². The molecule has 78 valence electrons. The highest BCUT2D eigenvalue weighted by molar-refractivity contribution is 8.00. The lowest BCUT2D eigenvalue weighted by atomic mass is 10.2. The van der Waals surface area contributed by atoms with Crippen molar-refractivity contribution >= 4 is 17.7 Å². The van der Waals surface area contributed by atoms with Gasteiger partial charge in [0.05, 0.1) is 6.20 Å². The van der Waals surface area contributed by atoms with Crippen LogP contribution in [0.3, 0.4) is 0 Å². The van der Waals surface area contributed by atoms with Crippen molar-refractivity contribution in [1.82, 2.24) is 4.98 Å². The lowest BCUT2D eigenvalue weighted by Gasteiger charge is -2.07. The number of rotatable bonds is 6. The molecule has 0 saturated heterocycles. The summed E-state index contributed by atoms with van der Waals surface area (Å²) in [7, 11) is 0. The van der Waals surface area contributed by atoms with Gasteiger partial charge in [-0.05, 0) is 6.42 Å². The van der Waals surface area contributed by atoms with Crippen molar-refractivity contribution in [2.75, 3.05) is 0 Å². The highest BCUT2D eigenvalue weighted by Crippen LogP contribution is 2.25. The number of carboxylic acids is 1. The second-order valence-corrected chi connectivity index (χ2v) is 4.04. The summed E-state index contributed by atoms with van der Waals surface area (Å²) in [5.41, 5.74) is 0. The van der Waals surface area contributed by atoms with E-state index in [1.165, 1.54) is 24.2 Å². The minimum absolute atomic E-state index is 0.425. The first-order chi connectivity index (χ1) is 6.74. The first-order valence-electron chi connectivity index (χ1n) is 4.53. The minimum atomic E-state index is -0.804. The van der Waals surface area contributed by atoms with Crippen LogP contribution in [-0.4, -0.2) is 21.3 Å². The molecule has 0 aliphatic heterocycles. The summed E-state index contributed by atoms with van der Waals surface area (Å²) in [4.78, 5) is 14.7. The molecular formula is C9H13NO3S. The zero-order chi connectivity index (χ0) is 10.4. The third-order valence-corrected chi connectivity index (χ3v) is 2.87. The molecule has 0 radical (unpaired) electrons. The number of nitrogens with zero attached hydrogens (tertiary/aromatic N) is 1. The second-order valence-electron chi connectivity index (χ2n) is 2.88. The first kappa shape index (κ1) is 11.1. The highest BCUT2D eigenvalue weighted by atomic mass is 32.2. The Balaban J connectivity index is 2.47. The summed E-state index contributed by atoms with van der Waals surface area (Å²) in [5, 5.41) is 8.88. The maximum atomic E-state index is 10.8. The molecule has 4 nitrogen and oxygen atoms in total. The Bertz CT molecular complexity index is 274. The number of unbranched alkanes of at least 4 members (excludes halogenated alkanes) is 1. The van der Waals surface area contributed by atoms with Crippen LogP contribution in [-0.2, 0) is 4.79 Å². The Hall–Kier alpha value is -0.970. The summed E-state index contributed by atoms with van der Waals surface area (Å²) >= 11 is 1.17. The second kappa shape index (κ2) is 5.70. The van der Waals surface area contributed by atoms with Gasteiger partial charge in [0.1, 0.15) is 11.5 Å². The van der Waals surface area contributed by atoms with Crippen molar-refractivity contribution in [2.24, 2.45) is 0 Å². The average molecular weight is 215 g/mol. The minimum Gasteiger partial charge on any atom is -0.480 e. The third kappa shape index (κ3) is 3.41. The number of aliphatic carboxylic acids is 1. The van der Waals surface area contributed by atoms with Gasteiger partial charge >= 0.3 is 5.97 Å². The molecule has 0 spiro atoms. The molecule has 14 heavy (non-hydrogen) atoms. The Labute approximate surface area is 86.7 Å². The first-order valence-corrected chi connectivity index (χ1v) is 5.41. The van der Waals surface area contributed by atoms with E-state index in [1.807, 2.05) is 6.92 Å². The predicted octanol–water partition coefficient (Wildman–Crippen LogP) is 2.41. The average Bonchev–Trinajstić information content (AvgIpc) is 2.64. The van der Waals surface area contributed by atoms with Gasteiger partial charge in [-0.1, -0.05) is 31.5 Å². The standard InChI is InChI=1S/C9H13NO3S/c1-2-3-4-7(8(11)12)14-9-10-5-6-13-9/h5-7H,2-4H2,1H3,(H,11,12). The van der Waals surface area contributed by atoms with Crippen LogP contribution in [0.1, 0.15) is 26.2 Å². The van der Waals surface area contributed by atoms with Gasteiger partial charge in [-0.15, -0.1) is 0 Å². The molecule has 0 fully saturated rings. The highest BCUT2D eigenvalue weighted by Gasteiger charge is 2.20. The van der Waals surface area contributed by atoms with Gasteiger partial charge in [0.15, 0.2) is 0 Å². The maximum absolute atomic E-state index is 10.8. The molecule has 1 rings (SSSR count). The number of carbonyl (C=O) groups is 1. The number of hydrogen-bond acceptors (Lipinski definition) is 4. The summed E-state index contributed by atoms with van der Waals surface area (Å²) in [5.74, 6) is -0.804. The smallest absolute Gasteiger partial charge is 0.317 e. The number of aromatic nitrogens is 1. The number of oxazole rings is 1. The lowest BCUT2D eigenvalue weighted by Crippen LogP contribution is -2.15. The Morgan fingerprint density at radius 2 is 2.57 bits per heavy atom. The molecule has 0 saturated carbocycles. The fourth-order valence-corrected chi connectivity index (χ4v) is 1.87. The molecule has 5 heteroatoms. The van der Waals surface area contributed by atoms with Crippen LogP contribution in [0.25, 0.3) is 0 Å². The van der Waals surface area contributed by atoms with E-state index in [1.54, 1.807) is 0 Å². The summed E-state index contributed by atoms with van der Waals surface area (Å²) < 4.78 is 4.98. The van der Waals surface area contributed by atoms with E-state index < -0.39 is 11.2 Å². The van der Waals surface area contributed by atoms with Crippen LogP contribution in [0.5, 0.6) is 0 Å². The fraction of sp³-hybridized carbons (Fsp3) is 0.556. The molecule has 0 aliphatic rings. The van der Waals surface area contributed by atoms with Crippen LogP contribution >= 0.6 is 11.8 Å². The van der Waals surface area contributed by atoms with Crippen LogP contribution in [0.2, 0.25) is 0 Å². The Kier molecular flexibility index (Phi) is 4.52. The van der Waals surface area contributed by atoms with Crippen LogP contribution in [0.4, 0.5) is 0 Å². The van der Waals surface area contributed by atoms with E-state index in [9.17, 15) is 4.79 Å². The Morgan fingerprint density at radius 1 is 1.79 bits per heavy atom. The molecule has 0 amide bonds. The molecule has 1 N–H and O–H groups in total. The van der Waals surface area contributed by atoms with Gasteiger partial charge < -0.3 is 9.52 Å². The summed E-state index contributed by atoms with van der Waals surface area (Å²) in [6.45, 7) is 2.04. The quantitative estimate of drug-likeness (QED) is 0.738. The molecule has 0 bridgehead atoms. The maximum Gasteiger partial charge on any atom is 0.317 e. The molecule has 1 unspecified atom stereocenters. The molecule has 1 aromatic rings. The van der Waals surface area contributed by atoms with Crippen molar-refractivity contribution in [3.63, 3.8) is 0 Å². The number of carboxylic acid groups (broad SMARTS) is 1. The van der Waals surface area contributed by atoms with Crippen molar-refractivity contribution in [3.8, 4) is 0 Å². The monoisotopic (exact) mass is 215 g/mol. The van der Waals surface area contributed by atoms with E-state index in [4.69, 9.17) is 9.52 Å². The van der Waals surface area contributed by atoms with E-state index in [0.29, 0.717) is 11.6 Å². The normalized spacial score (nSPS) is 12.6. The van der Waals surface area contributed by atoms with Gasteiger partial charge in [-0.2, -0.15) is 0 Å². The topological polar surface area (TPSA) is 63.3 Å². The molecule has 1 aromatic heterocycles. The zero-order valence-corrected chi connectivity index (χ0v) is 8.79. The zero-order valence-electron chi connectivity index (χ0n) is 7.97. The molecular weight excluding hydrogens is 202 g/mol. The van der Waals surface area contributed by atoms with Crippen molar-refractivity contribution < 1.29 is 14.3 Å². The molecule has 0 aliphatic carbocycles. The molecule has 1 heterocycles. The van der Waals surface area contributed by atoms with Crippen molar-refractivity contribution in [2.45, 2.75) is 36.7 Å². The van der Waals surface area contributed by atoms with Gasteiger partial charge in [-0.25, -0.2) is 4.98 Å². The van der Waals surface area contributed by atoms with Crippen LogP contribution in [0, 0.1) is 0 Å². The van der Waals surface area contributed by atoms with E-state index in [0.717, 1.165) is 12.8 Å². The Morgan fingerprint density at radius 3 is 3.07 bits per heavy atom. The predicted molar refractivity (Wildman–Crippen MR) is 53.3 cm³/mol. The van der Waals surface area contributed by atoms with Crippen LogP contribution < -0.4 is 0 Å². The number of hydrogen-bond donors (Lipinski definition) is 1. The van der Waals surface area contributed by atoms with E-state index in [-0.39, 0.29) is 0 Å². The summed E-state index contributed by atoms with van der Waals surface area (Å²) in [6, 6.07) is 0. The van der Waals surface area contributed by atoms with E-state index in [2.05, 4.69) is 4.98 Å². The third-order valence-electron chi connectivity index (χ3n) is 1.75. The van der Waals surface area contributed by atoms with Crippen molar-refractivity contribution in [1.29, 1.82) is 0 Å². The fourth-order valence-electron chi connectivity index (χ4n) is 1.01. The van der Waals surface area contributed by atoms with Crippen molar-refractivity contribution in [3.05, 3.63) is 12.5 Å². The van der Waals surface area contributed by atoms with Gasteiger partial charge in [0.2, 0.25) is 0 Å². The van der Waals surface area contributed by atoms with E-state index >= 15 is 0 Å².